The third-order valence-electron chi connectivity index (χ3n) is 4.33. The van der Waals surface area contributed by atoms with Gasteiger partial charge in [-0.2, -0.15) is 0 Å². The van der Waals surface area contributed by atoms with Gasteiger partial charge in [0, 0.05) is 12.4 Å². The second-order valence-electron chi connectivity index (χ2n) is 5.81. The summed E-state index contributed by atoms with van der Waals surface area (Å²) in [6, 6.07) is 5.06. The van der Waals surface area contributed by atoms with E-state index in [9.17, 15) is 19.5 Å². The summed E-state index contributed by atoms with van der Waals surface area (Å²) in [4.78, 5) is 40.6. The van der Waals surface area contributed by atoms with Gasteiger partial charge in [-0.3, -0.25) is 14.0 Å². The van der Waals surface area contributed by atoms with Gasteiger partial charge in [-0.15, -0.1) is 0 Å². The maximum absolute atomic E-state index is 12.5. The molecule has 0 bridgehead atoms. The van der Waals surface area contributed by atoms with Gasteiger partial charge in [0.25, 0.3) is 11.5 Å². The average Bonchev–Trinajstić information content (AvgIpc) is 2.56. The van der Waals surface area contributed by atoms with E-state index in [-0.39, 0.29) is 5.56 Å². The summed E-state index contributed by atoms with van der Waals surface area (Å²) in [7, 11) is 0. The summed E-state index contributed by atoms with van der Waals surface area (Å²) in [6.07, 6.45) is 5.89. The molecule has 7 nitrogen and oxygen atoms in total. The lowest BCUT2D eigenvalue weighted by Crippen LogP contribution is -2.56. The first kappa shape index (κ1) is 15.2. The van der Waals surface area contributed by atoms with Crippen molar-refractivity contribution < 1.29 is 14.7 Å². The first-order valence-corrected chi connectivity index (χ1v) is 7.56. The summed E-state index contributed by atoms with van der Waals surface area (Å²) in [5.74, 6) is -1.75. The minimum atomic E-state index is -1.29. The molecule has 23 heavy (non-hydrogen) atoms. The topological polar surface area (TPSA) is 101 Å². The van der Waals surface area contributed by atoms with Crippen molar-refractivity contribution in [3.8, 4) is 0 Å². The molecule has 2 N–H and O–H groups in total. The Balaban J connectivity index is 1.95. The van der Waals surface area contributed by atoms with Crippen LogP contribution in [0.3, 0.4) is 0 Å². The van der Waals surface area contributed by atoms with E-state index in [2.05, 4.69) is 10.3 Å². The molecular formula is C16H17N3O4. The van der Waals surface area contributed by atoms with E-state index in [0.717, 1.165) is 19.3 Å². The molecule has 1 aliphatic rings. The number of carbonyl (C=O) groups is 2. The van der Waals surface area contributed by atoms with Crippen molar-refractivity contribution in [2.75, 3.05) is 0 Å². The SMILES string of the molecule is O=C(NC1(C(=O)O)CCCCC1)c1cnc2ccccn2c1=O. The molecule has 0 spiro atoms. The fraction of sp³-hybridized carbons (Fsp3) is 0.375. The number of nitrogens with zero attached hydrogens (tertiary/aromatic N) is 2. The standard InChI is InChI=1S/C16H17N3O4/c20-13(18-16(15(22)23)7-3-1-4-8-16)11-10-17-12-6-2-5-9-19(12)14(11)21/h2,5-6,9-10H,1,3-4,7-8H2,(H,18,20)(H,22,23). The van der Waals surface area contributed by atoms with E-state index in [1.807, 2.05) is 0 Å². The molecule has 0 radical (unpaired) electrons. The van der Waals surface area contributed by atoms with E-state index in [1.54, 1.807) is 18.2 Å². The van der Waals surface area contributed by atoms with E-state index < -0.39 is 23.0 Å². The molecule has 2 aromatic rings. The summed E-state index contributed by atoms with van der Waals surface area (Å²) >= 11 is 0. The van der Waals surface area contributed by atoms with E-state index in [4.69, 9.17) is 0 Å². The van der Waals surface area contributed by atoms with Crippen molar-refractivity contribution in [3.05, 3.63) is 46.5 Å². The summed E-state index contributed by atoms with van der Waals surface area (Å²) in [6.45, 7) is 0. The van der Waals surface area contributed by atoms with Gasteiger partial charge < -0.3 is 10.4 Å². The third-order valence-corrected chi connectivity index (χ3v) is 4.33. The number of carboxylic acid groups (broad SMARTS) is 1. The second-order valence-corrected chi connectivity index (χ2v) is 5.81. The summed E-state index contributed by atoms with van der Waals surface area (Å²) < 4.78 is 1.27. The third kappa shape index (κ3) is 2.69. The van der Waals surface area contributed by atoms with Crippen LogP contribution in [0.2, 0.25) is 0 Å². The second kappa shape index (κ2) is 5.83. The van der Waals surface area contributed by atoms with Crippen LogP contribution in [0.5, 0.6) is 0 Å². The maximum Gasteiger partial charge on any atom is 0.329 e. The van der Waals surface area contributed by atoms with Crippen molar-refractivity contribution in [2.45, 2.75) is 37.6 Å². The predicted molar refractivity (Wildman–Crippen MR) is 82.4 cm³/mol. The molecule has 0 unspecified atom stereocenters. The molecule has 2 aromatic heterocycles. The number of pyridine rings is 1. The Morgan fingerprint density at radius 2 is 1.96 bits per heavy atom. The molecule has 0 aromatic carbocycles. The van der Waals surface area contributed by atoms with Gasteiger partial charge in [-0.25, -0.2) is 9.78 Å². The van der Waals surface area contributed by atoms with Crippen LogP contribution in [-0.2, 0) is 4.79 Å². The van der Waals surface area contributed by atoms with Crippen LogP contribution in [0.1, 0.15) is 42.5 Å². The molecule has 7 heteroatoms. The number of fused-ring (bicyclic) bond motifs is 1. The quantitative estimate of drug-likeness (QED) is 0.886. The fourth-order valence-electron chi connectivity index (χ4n) is 3.01. The molecule has 1 aliphatic carbocycles. The van der Waals surface area contributed by atoms with Crippen LogP contribution in [-0.4, -0.2) is 31.9 Å². The van der Waals surface area contributed by atoms with Crippen molar-refractivity contribution in [1.29, 1.82) is 0 Å². The first-order valence-electron chi connectivity index (χ1n) is 7.56. The number of rotatable bonds is 3. The number of carbonyl (C=O) groups excluding carboxylic acids is 1. The van der Waals surface area contributed by atoms with Gasteiger partial charge in [0.2, 0.25) is 0 Å². The molecule has 3 rings (SSSR count). The number of hydrogen-bond donors (Lipinski definition) is 2. The van der Waals surface area contributed by atoms with Crippen LogP contribution in [0.4, 0.5) is 0 Å². The Kier molecular flexibility index (Phi) is 3.85. The van der Waals surface area contributed by atoms with Crippen molar-refractivity contribution >= 4 is 17.5 Å². The molecule has 1 fully saturated rings. The van der Waals surface area contributed by atoms with Crippen molar-refractivity contribution in [2.24, 2.45) is 0 Å². The predicted octanol–water partition coefficient (Wildman–Crippen LogP) is 1.21. The first-order chi connectivity index (χ1) is 11.0. The van der Waals surface area contributed by atoms with Crippen molar-refractivity contribution in [3.63, 3.8) is 0 Å². The van der Waals surface area contributed by atoms with E-state index in [0.29, 0.717) is 18.5 Å². The summed E-state index contributed by atoms with van der Waals surface area (Å²) in [5.41, 5.74) is -1.53. The zero-order chi connectivity index (χ0) is 16.4. The zero-order valence-electron chi connectivity index (χ0n) is 12.5. The van der Waals surface area contributed by atoms with Gasteiger partial charge in [0.05, 0.1) is 0 Å². The lowest BCUT2D eigenvalue weighted by molar-refractivity contribution is -0.145. The molecule has 0 saturated heterocycles. The van der Waals surface area contributed by atoms with Crippen LogP contribution < -0.4 is 10.9 Å². The Morgan fingerprint density at radius 1 is 1.22 bits per heavy atom. The maximum atomic E-state index is 12.5. The highest BCUT2D eigenvalue weighted by Crippen LogP contribution is 2.28. The molecule has 120 valence electrons. The summed E-state index contributed by atoms with van der Waals surface area (Å²) in [5, 5.41) is 12.1. The van der Waals surface area contributed by atoms with Crippen LogP contribution >= 0.6 is 0 Å². The van der Waals surface area contributed by atoms with Gasteiger partial charge in [0.15, 0.2) is 0 Å². The largest absolute Gasteiger partial charge is 0.480 e. The van der Waals surface area contributed by atoms with Crippen LogP contribution in [0.25, 0.3) is 5.65 Å². The van der Waals surface area contributed by atoms with Crippen LogP contribution in [0.15, 0.2) is 35.4 Å². The lowest BCUT2D eigenvalue weighted by atomic mass is 9.81. The Bertz CT molecular complexity index is 821. The van der Waals surface area contributed by atoms with E-state index in [1.165, 1.54) is 16.8 Å². The van der Waals surface area contributed by atoms with Gasteiger partial charge in [-0.05, 0) is 25.0 Å². The molecule has 1 saturated carbocycles. The normalized spacial score (nSPS) is 16.9. The lowest BCUT2D eigenvalue weighted by Gasteiger charge is -2.33. The number of carboxylic acids is 1. The van der Waals surface area contributed by atoms with Crippen molar-refractivity contribution in [1.82, 2.24) is 14.7 Å². The molecule has 1 amide bonds. The molecule has 2 heterocycles. The Hall–Kier alpha value is -2.70. The van der Waals surface area contributed by atoms with Gasteiger partial charge in [0.1, 0.15) is 16.7 Å². The number of aromatic nitrogens is 2. The smallest absolute Gasteiger partial charge is 0.329 e. The van der Waals surface area contributed by atoms with Crippen LogP contribution in [0, 0.1) is 0 Å². The highest BCUT2D eigenvalue weighted by atomic mass is 16.4. The molecule has 0 aliphatic heterocycles. The Labute approximate surface area is 132 Å². The molecule has 0 atom stereocenters. The minimum Gasteiger partial charge on any atom is -0.480 e. The highest BCUT2D eigenvalue weighted by Gasteiger charge is 2.41. The number of nitrogens with one attached hydrogen (secondary N) is 1. The minimum absolute atomic E-state index is 0.153. The van der Waals surface area contributed by atoms with E-state index >= 15 is 0 Å². The zero-order valence-corrected chi connectivity index (χ0v) is 12.5. The van der Waals surface area contributed by atoms with Gasteiger partial charge >= 0.3 is 5.97 Å². The number of amides is 1. The molecular weight excluding hydrogens is 298 g/mol. The number of aliphatic carboxylic acids is 1. The highest BCUT2D eigenvalue weighted by molar-refractivity contribution is 5.97. The Morgan fingerprint density at radius 3 is 2.65 bits per heavy atom. The monoisotopic (exact) mass is 315 g/mol. The number of hydrogen-bond acceptors (Lipinski definition) is 4. The van der Waals surface area contributed by atoms with Gasteiger partial charge in [-0.1, -0.05) is 25.3 Å². The average molecular weight is 315 g/mol. The fourth-order valence-corrected chi connectivity index (χ4v) is 3.01.